The number of urea groups is 1. The summed E-state index contributed by atoms with van der Waals surface area (Å²) in [5.41, 5.74) is 1.32. The van der Waals surface area contributed by atoms with E-state index in [1.807, 2.05) is 6.07 Å². The first-order chi connectivity index (χ1) is 13.7. The first-order valence-electron chi connectivity index (χ1n) is 9.33. The van der Waals surface area contributed by atoms with E-state index >= 15 is 0 Å². The molecule has 9 nitrogen and oxygen atoms in total. The van der Waals surface area contributed by atoms with E-state index in [1.54, 1.807) is 41.6 Å². The van der Waals surface area contributed by atoms with Crippen LogP contribution in [0.25, 0.3) is 0 Å². The highest BCUT2D eigenvalue weighted by atomic mass is 16.6. The monoisotopic (exact) mass is 382 g/mol. The lowest BCUT2D eigenvalue weighted by molar-refractivity contribution is 0.181. The zero-order chi connectivity index (χ0) is 19.3. The lowest BCUT2D eigenvalue weighted by Crippen LogP contribution is -2.49. The van der Waals surface area contributed by atoms with Crippen molar-refractivity contribution in [2.45, 2.75) is 18.9 Å². The van der Waals surface area contributed by atoms with E-state index < -0.39 is 0 Å². The number of ether oxygens (including phenoxy) is 1. The number of carbonyl (C=O) groups is 2. The quantitative estimate of drug-likeness (QED) is 0.841. The van der Waals surface area contributed by atoms with Gasteiger partial charge in [-0.2, -0.15) is 0 Å². The molecule has 2 fully saturated rings. The van der Waals surface area contributed by atoms with E-state index in [1.165, 1.54) is 0 Å². The first-order valence-corrected chi connectivity index (χ1v) is 9.33. The fourth-order valence-electron chi connectivity index (χ4n) is 3.46. The molecule has 28 heavy (non-hydrogen) atoms. The third-order valence-electron chi connectivity index (χ3n) is 4.77. The molecule has 1 unspecified atom stereocenters. The molecule has 0 radical (unpaired) electrons. The summed E-state index contributed by atoms with van der Waals surface area (Å²) < 4.78 is 4.96. The molecule has 2 aromatic rings. The minimum absolute atomic E-state index is 0.00861. The van der Waals surface area contributed by atoms with Gasteiger partial charge in [0.2, 0.25) is 5.95 Å². The minimum atomic E-state index is -0.368. The Hall–Kier alpha value is -3.36. The second-order valence-corrected chi connectivity index (χ2v) is 6.75. The molecule has 0 saturated carbocycles. The molecule has 4 rings (SSSR count). The number of amides is 3. The molecule has 2 aliphatic heterocycles. The van der Waals surface area contributed by atoms with Crippen LogP contribution in [-0.4, -0.2) is 54.4 Å². The van der Waals surface area contributed by atoms with Crippen LogP contribution in [0.2, 0.25) is 0 Å². The van der Waals surface area contributed by atoms with E-state index in [0.717, 1.165) is 19.4 Å². The maximum Gasteiger partial charge on any atom is 0.414 e. The van der Waals surface area contributed by atoms with Crippen molar-refractivity contribution in [2.24, 2.45) is 0 Å². The van der Waals surface area contributed by atoms with Crippen molar-refractivity contribution in [2.75, 3.05) is 41.4 Å². The largest absolute Gasteiger partial charge is 0.447 e. The molecule has 146 valence electrons. The van der Waals surface area contributed by atoms with Gasteiger partial charge in [0, 0.05) is 42.9 Å². The predicted molar refractivity (Wildman–Crippen MR) is 105 cm³/mol. The Balaban J connectivity index is 1.35. The molecule has 2 aliphatic rings. The Morgan fingerprint density at radius 2 is 2.04 bits per heavy atom. The van der Waals surface area contributed by atoms with Crippen LogP contribution in [0, 0.1) is 0 Å². The smallest absolute Gasteiger partial charge is 0.414 e. The van der Waals surface area contributed by atoms with Gasteiger partial charge in [-0.3, -0.25) is 4.90 Å². The molecule has 1 atom stereocenters. The number of hydrogen-bond acceptors (Lipinski definition) is 6. The molecule has 0 aliphatic carbocycles. The molecular weight excluding hydrogens is 360 g/mol. The lowest BCUT2D eigenvalue weighted by Gasteiger charge is -2.33. The fraction of sp³-hybridized carbons (Fsp3) is 0.368. The maximum atomic E-state index is 12.4. The van der Waals surface area contributed by atoms with E-state index in [9.17, 15) is 9.59 Å². The first kappa shape index (κ1) is 18.0. The molecule has 9 heteroatoms. The zero-order valence-electron chi connectivity index (χ0n) is 15.4. The van der Waals surface area contributed by atoms with Crippen LogP contribution in [0.5, 0.6) is 0 Å². The topological polar surface area (TPSA) is 99.7 Å². The average molecular weight is 382 g/mol. The van der Waals surface area contributed by atoms with Crippen LogP contribution in [0.3, 0.4) is 0 Å². The van der Waals surface area contributed by atoms with Crippen LogP contribution in [0.15, 0.2) is 42.7 Å². The number of anilines is 3. The fourth-order valence-corrected chi connectivity index (χ4v) is 3.46. The summed E-state index contributed by atoms with van der Waals surface area (Å²) in [7, 11) is 0. The van der Waals surface area contributed by atoms with Gasteiger partial charge in [-0.15, -0.1) is 0 Å². The second kappa shape index (κ2) is 8.12. The summed E-state index contributed by atoms with van der Waals surface area (Å²) in [6, 6.07) is 8.68. The molecule has 0 bridgehead atoms. The number of piperidine rings is 1. The Morgan fingerprint density at radius 1 is 1.18 bits per heavy atom. The van der Waals surface area contributed by atoms with Gasteiger partial charge in [-0.05, 0) is 37.1 Å². The minimum Gasteiger partial charge on any atom is -0.447 e. The maximum absolute atomic E-state index is 12.4. The Kier molecular flexibility index (Phi) is 5.22. The Morgan fingerprint density at radius 3 is 2.82 bits per heavy atom. The lowest BCUT2D eigenvalue weighted by atomic mass is 10.1. The average Bonchev–Trinajstić information content (AvgIpc) is 3.15. The molecule has 1 aromatic carbocycles. The molecular formula is C19H22N6O3. The summed E-state index contributed by atoms with van der Waals surface area (Å²) in [6.07, 6.45) is 4.92. The molecule has 3 heterocycles. The highest BCUT2D eigenvalue weighted by Gasteiger charge is 2.25. The van der Waals surface area contributed by atoms with Crippen LogP contribution in [-0.2, 0) is 4.74 Å². The number of hydrogen-bond donors (Lipinski definition) is 2. The van der Waals surface area contributed by atoms with Crippen LogP contribution < -0.4 is 20.4 Å². The summed E-state index contributed by atoms with van der Waals surface area (Å²) in [5, 5.41) is 5.86. The van der Waals surface area contributed by atoms with Crippen molar-refractivity contribution in [1.29, 1.82) is 0 Å². The van der Waals surface area contributed by atoms with Gasteiger partial charge >= 0.3 is 12.1 Å². The normalized spacial score (nSPS) is 19.3. The highest BCUT2D eigenvalue weighted by Crippen LogP contribution is 2.22. The number of carbonyl (C=O) groups excluding carboxylic acids is 2. The third-order valence-corrected chi connectivity index (χ3v) is 4.77. The SMILES string of the molecule is O=C(Nc1cccc(N2CCOC2=O)c1)NC1CCCN(c2ncccn2)C1. The number of aromatic nitrogens is 2. The zero-order valence-corrected chi connectivity index (χ0v) is 15.4. The van der Waals surface area contributed by atoms with Gasteiger partial charge in [0.05, 0.1) is 6.54 Å². The van der Waals surface area contributed by atoms with Crippen LogP contribution in [0.4, 0.5) is 26.9 Å². The van der Waals surface area contributed by atoms with E-state index in [0.29, 0.717) is 37.0 Å². The molecule has 2 saturated heterocycles. The summed E-state index contributed by atoms with van der Waals surface area (Å²) in [6.45, 7) is 2.42. The number of nitrogens with one attached hydrogen (secondary N) is 2. The molecule has 2 N–H and O–H groups in total. The molecule has 0 spiro atoms. The molecule has 1 aromatic heterocycles. The van der Waals surface area contributed by atoms with Gasteiger partial charge in [0.25, 0.3) is 0 Å². The second-order valence-electron chi connectivity index (χ2n) is 6.75. The third kappa shape index (κ3) is 4.13. The standard InChI is InChI=1S/C19H22N6O3/c26-18(22-14-4-1-6-16(12-14)25-10-11-28-19(25)27)23-15-5-2-9-24(13-15)17-20-7-3-8-21-17/h1,3-4,6-8,12,15H,2,5,9-11,13H2,(H2,22,23,26). The van der Waals surface area contributed by atoms with Gasteiger partial charge in [0.15, 0.2) is 0 Å². The van der Waals surface area contributed by atoms with Crippen molar-refractivity contribution in [3.05, 3.63) is 42.7 Å². The van der Waals surface area contributed by atoms with Crippen molar-refractivity contribution < 1.29 is 14.3 Å². The Labute approximate surface area is 162 Å². The van der Waals surface area contributed by atoms with Crippen molar-refractivity contribution in [3.63, 3.8) is 0 Å². The van der Waals surface area contributed by atoms with Crippen molar-refractivity contribution >= 4 is 29.4 Å². The van der Waals surface area contributed by atoms with Crippen molar-refractivity contribution in [1.82, 2.24) is 15.3 Å². The highest BCUT2D eigenvalue weighted by molar-refractivity contribution is 5.93. The number of nitrogens with zero attached hydrogens (tertiary/aromatic N) is 4. The predicted octanol–water partition coefficient (Wildman–Crippen LogP) is 2.22. The van der Waals surface area contributed by atoms with Gasteiger partial charge in [0.1, 0.15) is 6.61 Å². The van der Waals surface area contributed by atoms with Crippen molar-refractivity contribution in [3.8, 4) is 0 Å². The summed E-state index contributed by atoms with van der Waals surface area (Å²) >= 11 is 0. The summed E-state index contributed by atoms with van der Waals surface area (Å²) in [5.74, 6) is 0.680. The number of benzene rings is 1. The van der Waals surface area contributed by atoms with E-state index in [2.05, 4.69) is 25.5 Å². The Bertz CT molecular complexity index is 847. The number of rotatable bonds is 4. The summed E-state index contributed by atoms with van der Waals surface area (Å²) in [4.78, 5) is 36.3. The molecule has 3 amide bonds. The van der Waals surface area contributed by atoms with E-state index in [-0.39, 0.29) is 18.2 Å². The van der Waals surface area contributed by atoms with Gasteiger partial charge in [-0.25, -0.2) is 19.6 Å². The van der Waals surface area contributed by atoms with Crippen LogP contribution >= 0.6 is 0 Å². The van der Waals surface area contributed by atoms with Crippen LogP contribution in [0.1, 0.15) is 12.8 Å². The number of cyclic esters (lactones) is 1. The van der Waals surface area contributed by atoms with Gasteiger partial charge in [-0.1, -0.05) is 6.07 Å². The van der Waals surface area contributed by atoms with Gasteiger partial charge < -0.3 is 20.3 Å². The van der Waals surface area contributed by atoms with E-state index in [4.69, 9.17) is 4.74 Å².